The van der Waals surface area contributed by atoms with E-state index in [4.69, 9.17) is 4.74 Å². The van der Waals surface area contributed by atoms with Crippen LogP contribution in [0.15, 0.2) is 60.8 Å². The van der Waals surface area contributed by atoms with Gasteiger partial charge in [-0.25, -0.2) is 0 Å². The van der Waals surface area contributed by atoms with Gasteiger partial charge in [-0.3, -0.25) is 9.59 Å². The average molecular weight is 812 g/mol. The molecule has 58 heavy (non-hydrogen) atoms. The number of ether oxygens (including phenoxy) is 1. The summed E-state index contributed by atoms with van der Waals surface area (Å²) in [5.74, 6) is -0.516. The lowest BCUT2D eigenvalue weighted by atomic mass is 10.0. The summed E-state index contributed by atoms with van der Waals surface area (Å²) < 4.78 is 5.89. The molecule has 1 amide bonds. The minimum atomic E-state index is -0.799. The van der Waals surface area contributed by atoms with E-state index in [9.17, 15) is 19.8 Å². The molecule has 3 N–H and O–H groups in total. The van der Waals surface area contributed by atoms with Crippen molar-refractivity contribution in [2.24, 2.45) is 0 Å². The highest BCUT2D eigenvalue weighted by atomic mass is 16.5. The van der Waals surface area contributed by atoms with Crippen LogP contribution in [0.1, 0.15) is 233 Å². The largest absolute Gasteiger partial charge is 0.462 e. The van der Waals surface area contributed by atoms with Crippen LogP contribution >= 0.6 is 0 Å². The number of hydrogen-bond donors (Lipinski definition) is 3. The zero-order chi connectivity index (χ0) is 42.4. The number of esters is 1. The Kier molecular flexibility index (Phi) is 43.7. The standard InChI is InChI=1S/C52H93NO5/c1-4-7-10-13-16-19-22-24-25-26-28-29-31-34-37-40-43-48(58-52(57)45-42-39-36-33-21-18-15-12-9-6-3)46-51(56)53-49(47-54)50(55)44-41-38-35-32-30-27-23-20-17-14-11-8-5-2/h10,13,16,19,22,24-26,28-29,48-50,54-55H,4-9,11-12,14-15,17-18,20-21,23,27,30-47H2,1-3H3,(H,53,56)/b13-10+,19-16+,24-22+,26-25+,29-28+. The van der Waals surface area contributed by atoms with Crippen LogP contribution in [-0.4, -0.2) is 46.9 Å². The third-order valence-electron chi connectivity index (χ3n) is 11.0. The van der Waals surface area contributed by atoms with E-state index in [1.807, 2.05) is 36.5 Å². The van der Waals surface area contributed by atoms with Gasteiger partial charge in [-0.2, -0.15) is 0 Å². The monoisotopic (exact) mass is 812 g/mol. The Balaban J connectivity index is 4.67. The van der Waals surface area contributed by atoms with Crippen LogP contribution in [-0.2, 0) is 14.3 Å². The van der Waals surface area contributed by atoms with Gasteiger partial charge in [-0.1, -0.05) is 236 Å². The normalized spacial score (nSPS) is 13.8. The van der Waals surface area contributed by atoms with Gasteiger partial charge in [0.1, 0.15) is 6.10 Å². The first-order valence-electron chi connectivity index (χ1n) is 24.6. The molecule has 0 saturated heterocycles. The van der Waals surface area contributed by atoms with Gasteiger partial charge in [0.15, 0.2) is 0 Å². The van der Waals surface area contributed by atoms with Gasteiger partial charge in [0.2, 0.25) is 5.91 Å². The summed E-state index contributed by atoms with van der Waals surface area (Å²) in [5, 5.41) is 23.7. The van der Waals surface area contributed by atoms with Crippen molar-refractivity contribution >= 4 is 11.9 Å². The number of amides is 1. The van der Waals surface area contributed by atoms with Crippen molar-refractivity contribution in [3.05, 3.63) is 60.8 Å². The molecule has 0 aliphatic carbocycles. The number of unbranched alkanes of at least 4 members (excludes halogenated alkanes) is 25. The molecule has 0 saturated carbocycles. The Bertz CT molecular complexity index is 1050. The highest BCUT2D eigenvalue weighted by Gasteiger charge is 2.24. The van der Waals surface area contributed by atoms with Crippen molar-refractivity contribution in [3.8, 4) is 0 Å². The Hall–Kier alpha value is -2.44. The van der Waals surface area contributed by atoms with Gasteiger partial charge < -0.3 is 20.3 Å². The van der Waals surface area contributed by atoms with E-state index in [1.54, 1.807) is 0 Å². The van der Waals surface area contributed by atoms with Gasteiger partial charge in [0.05, 0.1) is 25.2 Å². The summed E-state index contributed by atoms with van der Waals surface area (Å²) in [6.07, 6.45) is 55.6. The molecule has 0 rings (SSSR count). The maximum Gasteiger partial charge on any atom is 0.306 e. The molecule has 0 heterocycles. The third-order valence-corrected chi connectivity index (χ3v) is 11.0. The van der Waals surface area contributed by atoms with Crippen molar-refractivity contribution in [1.82, 2.24) is 5.32 Å². The fourth-order valence-corrected chi connectivity index (χ4v) is 7.22. The summed E-state index contributed by atoms with van der Waals surface area (Å²) in [7, 11) is 0. The number of hydrogen-bond acceptors (Lipinski definition) is 5. The van der Waals surface area contributed by atoms with Gasteiger partial charge in [0.25, 0.3) is 0 Å². The molecule has 0 aromatic heterocycles. The SMILES string of the molecule is CCC/C=C/C=C/C=C/C=C/C=C/CCCCCC(CC(=O)NC(CO)C(O)CCCCCCCCCCCCCCC)OC(=O)CCCCCCCCCCCC. The minimum absolute atomic E-state index is 0.0498. The van der Waals surface area contributed by atoms with Gasteiger partial charge in [0, 0.05) is 6.42 Å². The Labute approximate surface area is 358 Å². The number of carbonyl (C=O) groups excluding carboxylic acids is 2. The van der Waals surface area contributed by atoms with Crippen LogP contribution in [0.2, 0.25) is 0 Å². The van der Waals surface area contributed by atoms with E-state index in [2.05, 4.69) is 50.4 Å². The molecule has 0 aromatic rings. The molecule has 3 atom stereocenters. The first-order chi connectivity index (χ1) is 28.5. The second-order valence-electron chi connectivity index (χ2n) is 16.6. The molecule has 0 bridgehead atoms. The van der Waals surface area contributed by atoms with E-state index >= 15 is 0 Å². The molecule has 0 aromatic carbocycles. The molecule has 0 aliphatic heterocycles. The molecule has 0 fully saturated rings. The van der Waals surface area contributed by atoms with Crippen molar-refractivity contribution in [2.75, 3.05) is 6.61 Å². The third kappa shape index (κ3) is 40.3. The fourth-order valence-electron chi connectivity index (χ4n) is 7.22. The number of carbonyl (C=O) groups is 2. The lowest BCUT2D eigenvalue weighted by molar-refractivity contribution is -0.151. The second kappa shape index (κ2) is 45.6. The summed E-state index contributed by atoms with van der Waals surface area (Å²) >= 11 is 0. The molecular formula is C52H93NO5. The van der Waals surface area contributed by atoms with Crippen LogP contribution in [0.3, 0.4) is 0 Å². The maximum atomic E-state index is 13.2. The number of aliphatic hydroxyl groups is 2. The summed E-state index contributed by atoms with van der Waals surface area (Å²) in [5.41, 5.74) is 0. The van der Waals surface area contributed by atoms with Crippen molar-refractivity contribution in [3.63, 3.8) is 0 Å². The minimum Gasteiger partial charge on any atom is -0.462 e. The van der Waals surface area contributed by atoms with E-state index in [-0.39, 0.29) is 24.9 Å². The molecule has 6 heteroatoms. The van der Waals surface area contributed by atoms with Crippen LogP contribution in [0.4, 0.5) is 0 Å². The second-order valence-corrected chi connectivity index (χ2v) is 16.6. The lowest BCUT2D eigenvalue weighted by Gasteiger charge is -2.24. The quantitative estimate of drug-likeness (QED) is 0.0324. The van der Waals surface area contributed by atoms with Gasteiger partial charge in [-0.05, 0) is 44.9 Å². The van der Waals surface area contributed by atoms with E-state index < -0.39 is 18.2 Å². The van der Waals surface area contributed by atoms with Crippen molar-refractivity contribution in [1.29, 1.82) is 0 Å². The van der Waals surface area contributed by atoms with Crippen LogP contribution in [0, 0.1) is 0 Å². The summed E-state index contributed by atoms with van der Waals surface area (Å²) in [6, 6.07) is -0.715. The lowest BCUT2D eigenvalue weighted by Crippen LogP contribution is -2.46. The molecular weight excluding hydrogens is 719 g/mol. The van der Waals surface area contributed by atoms with Crippen LogP contribution < -0.4 is 5.32 Å². The Morgan fingerprint density at radius 3 is 1.40 bits per heavy atom. The zero-order valence-electron chi connectivity index (χ0n) is 38.2. The predicted octanol–water partition coefficient (Wildman–Crippen LogP) is 14.5. The van der Waals surface area contributed by atoms with Gasteiger partial charge in [-0.15, -0.1) is 0 Å². The zero-order valence-corrected chi connectivity index (χ0v) is 38.2. The van der Waals surface area contributed by atoms with Gasteiger partial charge >= 0.3 is 5.97 Å². The molecule has 0 spiro atoms. The number of rotatable bonds is 43. The summed E-state index contributed by atoms with van der Waals surface area (Å²) in [4.78, 5) is 26.0. The molecule has 0 aliphatic rings. The topological polar surface area (TPSA) is 95.9 Å². The number of aliphatic hydroxyl groups excluding tert-OH is 2. The fraction of sp³-hybridized carbons (Fsp3) is 0.769. The van der Waals surface area contributed by atoms with Crippen molar-refractivity contribution < 1.29 is 24.5 Å². The first-order valence-corrected chi connectivity index (χ1v) is 24.6. The predicted molar refractivity (Wildman–Crippen MR) is 250 cm³/mol. The molecule has 3 unspecified atom stereocenters. The maximum absolute atomic E-state index is 13.2. The van der Waals surface area contributed by atoms with Crippen LogP contribution in [0.5, 0.6) is 0 Å². The Morgan fingerprint density at radius 2 is 0.914 bits per heavy atom. The smallest absolute Gasteiger partial charge is 0.306 e. The van der Waals surface area contributed by atoms with E-state index in [1.165, 1.54) is 116 Å². The van der Waals surface area contributed by atoms with Crippen molar-refractivity contribution in [2.45, 2.75) is 251 Å². The highest BCUT2D eigenvalue weighted by molar-refractivity contribution is 5.77. The number of nitrogens with one attached hydrogen (secondary N) is 1. The average Bonchev–Trinajstić information content (AvgIpc) is 3.22. The first kappa shape index (κ1) is 55.6. The Morgan fingerprint density at radius 1 is 0.500 bits per heavy atom. The highest BCUT2D eigenvalue weighted by Crippen LogP contribution is 2.17. The number of allylic oxidation sites excluding steroid dienone is 10. The molecule has 0 radical (unpaired) electrons. The van der Waals surface area contributed by atoms with E-state index in [0.29, 0.717) is 19.3 Å². The van der Waals surface area contributed by atoms with Crippen LogP contribution in [0.25, 0.3) is 0 Å². The molecule has 336 valence electrons. The van der Waals surface area contributed by atoms with E-state index in [0.717, 1.165) is 70.6 Å². The summed E-state index contributed by atoms with van der Waals surface area (Å²) in [6.45, 7) is 6.37. The molecule has 6 nitrogen and oxygen atoms in total.